The Kier molecular flexibility index (Phi) is 5.67. The smallest absolute Gasteiger partial charge is 0.263 e. The molecule has 1 N–H and O–H groups in total. The summed E-state index contributed by atoms with van der Waals surface area (Å²) in [6.45, 7) is 0. The highest BCUT2D eigenvalue weighted by molar-refractivity contribution is 6.31. The molecule has 0 bridgehead atoms. The van der Waals surface area contributed by atoms with Gasteiger partial charge in [-0.15, -0.1) is 0 Å². The lowest BCUT2D eigenvalue weighted by atomic mass is 10.2. The van der Waals surface area contributed by atoms with Gasteiger partial charge in [0, 0.05) is 28.6 Å². The number of anilines is 1. The summed E-state index contributed by atoms with van der Waals surface area (Å²) in [6, 6.07) is 17.7. The Morgan fingerprint density at radius 1 is 1.07 bits per heavy atom. The highest BCUT2D eigenvalue weighted by Crippen LogP contribution is 2.30. The minimum atomic E-state index is -0.786. The molecule has 0 saturated heterocycles. The molecule has 0 saturated carbocycles. The van der Waals surface area contributed by atoms with Crippen LogP contribution in [0.4, 0.5) is 17.1 Å². The molecule has 0 radical (unpaired) electrons. The van der Waals surface area contributed by atoms with Crippen LogP contribution in [0.1, 0.15) is 15.9 Å². The summed E-state index contributed by atoms with van der Waals surface area (Å²) in [6.07, 6.45) is 1.21. The zero-order valence-electron chi connectivity index (χ0n) is 14.3. The summed E-state index contributed by atoms with van der Waals surface area (Å²) in [5.74, 6) is -1.04. The molecule has 1 amide bonds. The molecule has 0 unspecified atom stereocenters. The lowest BCUT2D eigenvalue weighted by Gasteiger charge is -2.11. The number of benzene rings is 3. The SMILES string of the molecule is O=C(Nc1cccc(N=Cc2cc(Cl)cc([N+](=O)[O-])c2[O-])c1)c1ccccc1. The summed E-state index contributed by atoms with van der Waals surface area (Å²) in [5.41, 5.74) is 0.866. The summed E-state index contributed by atoms with van der Waals surface area (Å²) in [7, 11) is 0. The maximum atomic E-state index is 12.2. The minimum Gasteiger partial charge on any atom is -0.867 e. The lowest BCUT2D eigenvalue weighted by molar-refractivity contribution is -0.398. The van der Waals surface area contributed by atoms with Crippen molar-refractivity contribution in [1.29, 1.82) is 0 Å². The molecule has 0 spiro atoms. The summed E-state index contributed by atoms with van der Waals surface area (Å²) in [5, 5.41) is 25.9. The van der Waals surface area contributed by atoms with Crippen molar-refractivity contribution < 1.29 is 14.8 Å². The average Bonchev–Trinajstić information content (AvgIpc) is 2.69. The van der Waals surface area contributed by atoms with Gasteiger partial charge in [-0.05, 0) is 47.7 Å². The molecule has 0 aliphatic carbocycles. The first-order valence-corrected chi connectivity index (χ1v) is 8.47. The van der Waals surface area contributed by atoms with E-state index in [-0.39, 0.29) is 16.5 Å². The van der Waals surface area contributed by atoms with Crippen LogP contribution in [-0.2, 0) is 0 Å². The zero-order chi connectivity index (χ0) is 20.1. The van der Waals surface area contributed by atoms with Crippen molar-refractivity contribution in [3.8, 4) is 5.75 Å². The first-order valence-electron chi connectivity index (χ1n) is 8.09. The van der Waals surface area contributed by atoms with Crippen LogP contribution in [0.5, 0.6) is 5.75 Å². The third-order valence-electron chi connectivity index (χ3n) is 3.75. The fourth-order valence-corrected chi connectivity index (χ4v) is 2.65. The molecule has 8 heteroatoms. The molecule has 0 aliphatic rings. The van der Waals surface area contributed by atoms with Crippen molar-refractivity contribution in [2.45, 2.75) is 0 Å². The molecule has 0 aromatic heterocycles. The Balaban J connectivity index is 1.82. The van der Waals surface area contributed by atoms with Crippen molar-refractivity contribution in [3.05, 3.63) is 93.0 Å². The highest BCUT2D eigenvalue weighted by atomic mass is 35.5. The fourth-order valence-electron chi connectivity index (χ4n) is 2.43. The predicted octanol–water partition coefficient (Wildman–Crippen LogP) is 4.32. The topological polar surface area (TPSA) is 108 Å². The molecule has 140 valence electrons. The second kappa shape index (κ2) is 8.32. The number of amides is 1. The van der Waals surface area contributed by atoms with E-state index >= 15 is 0 Å². The van der Waals surface area contributed by atoms with Crippen LogP contribution in [0.25, 0.3) is 0 Å². The molecule has 0 aliphatic heterocycles. The average molecular weight is 395 g/mol. The quantitative estimate of drug-likeness (QED) is 0.394. The van der Waals surface area contributed by atoms with Gasteiger partial charge in [0.15, 0.2) is 0 Å². The van der Waals surface area contributed by atoms with Gasteiger partial charge in [-0.25, -0.2) is 0 Å². The van der Waals surface area contributed by atoms with Crippen LogP contribution < -0.4 is 10.4 Å². The molecule has 7 nitrogen and oxygen atoms in total. The van der Waals surface area contributed by atoms with E-state index in [1.54, 1.807) is 48.5 Å². The predicted molar refractivity (Wildman–Crippen MR) is 106 cm³/mol. The number of hydrogen-bond acceptors (Lipinski definition) is 5. The standard InChI is InChI=1S/C20H14ClN3O4/c21-15-9-14(19(25)18(10-15)24(27)28)12-22-16-7-4-8-17(11-16)23-20(26)13-5-2-1-3-6-13/h1-12,25H,(H,23,26)/p-1. The largest absolute Gasteiger partial charge is 0.867 e. The number of nitro groups is 1. The summed E-state index contributed by atoms with van der Waals surface area (Å²) >= 11 is 5.84. The zero-order valence-corrected chi connectivity index (χ0v) is 15.1. The van der Waals surface area contributed by atoms with Gasteiger partial charge in [-0.1, -0.05) is 35.9 Å². The number of aliphatic imine (C=N–C) groups is 1. The molecule has 3 aromatic rings. The minimum absolute atomic E-state index is 0.00192. The maximum absolute atomic E-state index is 12.2. The molecule has 3 aromatic carbocycles. The second-order valence-corrected chi connectivity index (χ2v) is 6.17. The van der Waals surface area contributed by atoms with Gasteiger partial charge in [0.25, 0.3) is 11.6 Å². The fraction of sp³-hybridized carbons (Fsp3) is 0. The van der Waals surface area contributed by atoms with Gasteiger partial charge in [0.1, 0.15) is 0 Å². The molecule has 28 heavy (non-hydrogen) atoms. The van der Waals surface area contributed by atoms with Gasteiger partial charge in [0.2, 0.25) is 0 Å². The van der Waals surface area contributed by atoms with Gasteiger partial charge in [-0.2, -0.15) is 0 Å². The van der Waals surface area contributed by atoms with E-state index in [1.807, 2.05) is 6.07 Å². The normalized spacial score (nSPS) is 10.8. The Morgan fingerprint density at radius 3 is 2.54 bits per heavy atom. The number of nitrogens with one attached hydrogen (secondary N) is 1. The number of nitrogens with zero attached hydrogens (tertiary/aromatic N) is 2. The number of hydrogen-bond donors (Lipinski definition) is 1. The molecule has 0 atom stereocenters. The van der Waals surface area contributed by atoms with Crippen LogP contribution in [0.2, 0.25) is 5.02 Å². The molecule has 0 heterocycles. The molecular weight excluding hydrogens is 382 g/mol. The van der Waals surface area contributed by atoms with E-state index in [0.29, 0.717) is 16.9 Å². The third kappa shape index (κ3) is 4.52. The Bertz CT molecular complexity index is 1070. The Morgan fingerprint density at radius 2 is 1.82 bits per heavy atom. The first-order chi connectivity index (χ1) is 13.4. The van der Waals surface area contributed by atoms with Crippen molar-refractivity contribution in [1.82, 2.24) is 0 Å². The van der Waals surface area contributed by atoms with E-state index in [1.165, 1.54) is 12.3 Å². The number of carbonyl (C=O) groups is 1. The van der Waals surface area contributed by atoms with Crippen LogP contribution in [0.15, 0.2) is 71.7 Å². The van der Waals surface area contributed by atoms with E-state index < -0.39 is 16.4 Å². The Hall–Kier alpha value is -3.71. The monoisotopic (exact) mass is 394 g/mol. The number of nitro benzene ring substituents is 1. The van der Waals surface area contributed by atoms with Gasteiger partial charge >= 0.3 is 0 Å². The number of carbonyl (C=O) groups excluding carboxylic acids is 1. The number of halogens is 1. The highest BCUT2D eigenvalue weighted by Gasteiger charge is 2.11. The summed E-state index contributed by atoms with van der Waals surface area (Å²) < 4.78 is 0. The first kappa shape index (κ1) is 19.1. The molecular formula is C20H13ClN3O4-. The summed E-state index contributed by atoms with van der Waals surface area (Å²) in [4.78, 5) is 26.5. The maximum Gasteiger partial charge on any atom is 0.263 e. The van der Waals surface area contributed by atoms with Crippen LogP contribution >= 0.6 is 11.6 Å². The number of rotatable bonds is 5. The van der Waals surface area contributed by atoms with Crippen molar-refractivity contribution in [2.75, 3.05) is 5.32 Å². The van der Waals surface area contributed by atoms with E-state index in [4.69, 9.17) is 11.6 Å². The van der Waals surface area contributed by atoms with Gasteiger partial charge in [0.05, 0.1) is 10.6 Å². The van der Waals surface area contributed by atoms with E-state index in [0.717, 1.165) is 6.07 Å². The third-order valence-corrected chi connectivity index (χ3v) is 3.97. The van der Waals surface area contributed by atoms with Crippen molar-refractivity contribution in [3.63, 3.8) is 0 Å². The second-order valence-electron chi connectivity index (χ2n) is 5.73. The van der Waals surface area contributed by atoms with E-state index in [9.17, 15) is 20.0 Å². The van der Waals surface area contributed by atoms with E-state index in [2.05, 4.69) is 10.3 Å². The van der Waals surface area contributed by atoms with Gasteiger partial charge in [-0.3, -0.25) is 19.9 Å². The molecule has 0 fully saturated rings. The molecule has 3 rings (SSSR count). The van der Waals surface area contributed by atoms with Crippen LogP contribution in [-0.4, -0.2) is 17.0 Å². The van der Waals surface area contributed by atoms with Crippen molar-refractivity contribution >= 4 is 40.8 Å². The Labute approximate surface area is 165 Å². The van der Waals surface area contributed by atoms with Gasteiger partial charge < -0.3 is 10.4 Å². The van der Waals surface area contributed by atoms with Crippen LogP contribution in [0.3, 0.4) is 0 Å². The van der Waals surface area contributed by atoms with Crippen molar-refractivity contribution in [2.24, 2.45) is 4.99 Å². The van der Waals surface area contributed by atoms with Crippen LogP contribution in [0, 0.1) is 10.1 Å². The lowest BCUT2D eigenvalue weighted by Crippen LogP contribution is -2.11.